The zero-order valence-corrected chi connectivity index (χ0v) is 9.96. The van der Waals surface area contributed by atoms with Gasteiger partial charge in [-0.25, -0.2) is 0 Å². The molecule has 0 unspecified atom stereocenters. The molecule has 3 heteroatoms. The van der Waals surface area contributed by atoms with Crippen LogP contribution in [0.3, 0.4) is 0 Å². The minimum Gasteiger partial charge on any atom is -0.0831 e. The summed E-state index contributed by atoms with van der Waals surface area (Å²) in [6.07, 6.45) is 0. The molecule has 0 atom stereocenters. The van der Waals surface area contributed by atoms with Gasteiger partial charge in [0, 0.05) is 0 Å². The zero-order valence-electron chi connectivity index (χ0n) is 6.87. The normalized spacial score (nSPS) is 10.8. The quantitative estimate of drug-likeness (QED) is 0.637. The molecule has 0 spiro atoms. The molecule has 0 saturated heterocycles. The fourth-order valence-corrected chi connectivity index (χ4v) is 1.94. The first-order valence-electron chi connectivity index (χ1n) is 3.67. The van der Waals surface area contributed by atoms with Gasteiger partial charge in [-0.2, -0.15) is 0 Å². The fraction of sp³-hybridized carbons (Fsp3) is 0.333. The molecule has 0 fully saturated rings. The Morgan fingerprint density at radius 2 is 1.83 bits per heavy atom. The molecule has 1 rings (SSSR count). The Morgan fingerprint density at radius 1 is 1.25 bits per heavy atom. The van der Waals surface area contributed by atoms with E-state index in [1.165, 1.54) is 0 Å². The van der Waals surface area contributed by atoms with Gasteiger partial charge in [-0.1, -0.05) is 43.1 Å². The van der Waals surface area contributed by atoms with Crippen LogP contribution < -0.4 is 0 Å². The molecule has 0 radical (unpaired) electrons. The standard InChI is InChI=1S/C9H9BrCl2/c1-5(2)6-3-4-7(11)8(10)9(6)12/h3-5H,1-2H3. The predicted molar refractivity (Wildman–Crippen MR) is 58.3 cm³/mol. The summed E-state index contributed by atoms with van der Waals surface area (Å²) < 4.78 is 0.789. The Bertz CT molecular complexity index is 295. The van der Waals surface area contributed by atoms with Crippen LogP contribution in [0.5, 0.6) is 0 Å². The molecule has 0 aliphatic rings. The number of hydrogen-bond donors (Lipinski definition) is 0. The summed E-state index contributed by atoms with van der Waals surface area (Å²) in [7, 11) is 0. The van der Waals surface area contributed by atoms with Gasteiger partial charge in [0.15, 0.2) is 0 Å². The monoisotopic (exact) mass is 266 g/mol. The van der Waals surface area contributed by atoms with Crippen LogP contribution in [0.1, 0.15) is 25.3 Å². The molecule has 0 aromatic heterocycles. The zero-order chi connectivity index (χ0) is 9.30. The number of halogens is 3. The predicted octanol–water partition coefficient (Wildman–Crippen LogP) is 4.88. The summed E-state index contributed by atoms with van der Waals surface area (Å²) >= 11 is 15.3. The van der Waals surface area contributed by atoms with Crippen LogP contribution in [0.15, 0.2) is 16.6 Å². The highest BCUT2D eigenvalue weighted by molar-refractivity contribution is 9.10. The van der Waals surface area contributed by atoms with Gasteiger partial charge in [0.2, 0.25) is 0 Å². The van der Waals surface area contributed by atoms with Gasteiger partial charge in [-0.15, -0.1) is 0 Å². The van der Waals surface area contributed by atoms with E-state index in [4.69, 9.17) is 23.2 Å². The van der Waals surface area contributed by atoms with Crippen molar-refractivity contribution in [3.05, 3.63) is 32.2 Å². The highest BCUT2D eigenvalue weighted by atomic mass is 79.9. The van der Waals surface area contributed by atoms with Crippen LogP contribution in [0.25, 0.3) is 0 Å². The minimum absolute atomic E-state index is 0.422. The molecule has 0 bridgehead atoms. The third-order valence-electron chi connectivity index (χ3n) is 1.69. The van der Waals surface area contributed by atoms with Crippen molar-refractivity contribution in [2.75, 3.05) is 0 Å². The van der Waals surface area contributed by atoms with Gasteiger partial charge < -0.3 is 0 Å². The van der Waals surface area contributed by atoms with Crippen molar-refractivity contribution < 1.29 is 0 Å². The summed E-state index contributed by atoms with van der Waals surface area (Å²) in [6, 6.07) is 3.81. The largest absolute Gasteiger partial charge is 0.0831 e. The van der Waals surface area contributed by atoms with Crippen molar-refractivity contribution >= 4 is 39.1 Å². The number of hydrogen-bond acceptors (Lipinski definition) is 0. The molecule has 0 amide bonds. The maximum atomic E-state index is 6.06. The summed E-state index contributed by atoms with van der Waals surface area (Å²) in [6.45, 7) is 4.20. The van der Waals surface area contributed by atoms with Gasteiger partial charge in [0.05, 0.1) is 14.5 Å². The average Bonchev–Trinajstić information content (AvgIpc) is 2.00. The van der Waals surface area contributed by atoms with Crippen LogP contribution in [0, 0.1) is 0 Å². The van der Waals surface area contributed by atoms with Gasteiger partial charge in [-0.05, 0) is 33.5 Å². The van der Waals surface area contributed by atoms with Crippen molar-refractivity contribution in [1.29, 1.82) is 0 Å². The second kappa shape index (κ2) is 3.99. The molecule has 0 aliphatic carbocycles. The Balaban J connectivity index is 3.27. The Kier molecular flexibility index (Phi) is 3.45. The number of benzene rings is 1. The topological polar surface area (TPSA) is 0 Å². The molecule has 1 aromatic carbocycles. The van der Waals surface area contributed by atoms with Crippen molar-refractivity contribution in [1.82, 2.24) is 0 Å². The molecule has 0 saturated carbocycles. The fourth-order valence-electron chi connectivity index (χ4n) is 0.987. The van der Waals surface area contributed by atoms with Crippen molar-refractivity contribution in [3.63, 3.8) is 0 Å². The van der Waals surface area contributed by atoms with E-state index in [-0.39, 0.29) is 0 Å². The van der Waals surface area contributed by atoms with Crippen LogP contribution in [-0.4, -0.2) is 0 Å². The molecule has 0 nitrogen and oxygen atoms in total. The summed E-state index contributed by atoms with van der Waals surface area (Å²) in [5.41, 5.74) is 1.12. The van der Waals surface area contributed by atoms with Crippen LogP contribution in [-0.2, 0) is 0 Å². The maximum Gasteiger partial charge on any atom is 0.0597 e. The van der Waals surface area contributed by atoms with Crippen LogP contribution >= 0.6 is 39.1 Å². The molecular weight excluding hydrogens is 259 g/mol. The highest BCUT2D eigenvalue weighted by Crippen LogP contribution is 2.35. The average molecular weight is 268 g/mol. The molecule has 0 heterocycles. The molecule has 0 N–H and O–H groups in total. The van der Waals surface area contributed by atoms with Gasteiger partial charge >= 0.3 is 0 Å². The lowest BCUT2D eigenvalue weighted by Gasteiger charge is -2.09. The lowest BCUT2D eigenvalue weighted by molar-refractivity contribution is 0.866. The Hall–Kier alpha value is 0.280. The number of rotatable bonds is 1. The third kappa shape index (κ3) is 1.95. The van der Waals surface area contributed by atoms with E-state index < -0.39 is 0 Å². The lowest BCUT2D eigenvalue weighted by atomic mass is 10.0. The van der Waals surface area contributed by atoms with Crippen molar-refractivity contribution in [2.24, 2.45) is 0 Å². The summed E-state index contributed by atoms with van der Waals surface area (Å²) in [5.74, 6) is 0.422. The lowest BCUT2D eigenvalue weighted by Crippen LogP contribution is -1.89. The first-order valence-corrected chi connectivity index (χ1v) is 5.22. The van der Waals surface area contributed by atoms with E-state index in [2.05, 4.69) is 29.8 Å². The van der Waals surface area contributed by atoms with Crippen LogP contribution in [0.2, 0.25) is 10.0 Å². The second-order valence-corrected chi connectivity index (χ2v) is 4.50. The van der Waals surface area contributed by atoms with Crippen molar-refractivity contribution in [2.45, 2.75) is 19.8 Å². The van der Waals surface area contributed by atoms with Gasteiger partial charge in [-0.3, -0.25) is 0 Å². The van der Waals surface area contributed by atoms with Crippen LogP contribution in [0.4, 0.5) is 0 Å². The second-order valence-electron chi connectivity index (χ2n) is 2.92. The van der Waals surface area contributed by atoms with E-state index in [0.29, 0.717) is 10.9 Å². The van der Waals surface area contributed by atoms with Gasteiger partial charge in [0.1, 0.15) is 0 Å². The molecule has 66 valence electrons. The minimum atomic E-state index is 0.422. The van der Waals surface area contributed by atoms with Crippen molar-refractivity contribution in [3.8, 4) is 0 Å². The Morgan fingerprint density at radius 3 is 2.33 bits per heavy atom. The Labute approximate surface area is 91.0 Å². The summed E-state index contributed by atoms with van der Waals surface area (Å²) in [5, 5.41) is 1.38. The molecular formula is C9H9BrCl2. The molecule has 0 aliphatic heterocycles. The van der Waals surface area contributed by atoms with E-state index >= 15 is 0 Å². The van der Waals surface area contributed by atoms with E-state index in [1.54, 1.807) is 0 Å². The first-order chi connectivity index (χ1) is 5.54. The first kappa shape index (κ1) is 10.4. The van der Waals surface area contributed by atoms with E-state index in [9.17, 15) is 0 Å². The SMILES string of the molecule is CC(C)c1ccc(Cl)c(Br)c1Cl. The maximum absolute atomic E-state index is 6.06. The molecule has 1 aromatic rings. The van der Waals surface area contributed by atoms with E-state index in [0.717, 1.165) is 15.1 Å². The summed E-state index contributed by atoms with van der Waals surface area (Å²) in [4.78, 5) is 0. The third-order valence-corrected chi connectivity index (χ3v) is 3.69. The van der Waals surface area contributed by atoms with E-state index in [1.807, 2.05) is 12.1 Å². The smallest absolute Gasteiger partial charge is 0.0597 e. The highest BCUT2D eigenvalue weighted by Gasteiger charge is 2.10. The van der Waals surface area contributed by atoms with Gasteiger partial charge in [0.25, 0.3) is 0 Å². The molecule has 12 heavy (non-hydrogen) atoms.